The molecule has 0 saturated carbocycles. The molecule has 1 aromatic heterocycles. The van der Waals surface area contributed by atoms with Gasteiger partial charge in [0.05, 0.1) is 17.8 Å². The minimum Gasteiger partial charge on any atom is -0.392 e. The number of aliphatic hydroxyl groups is 1. The molecule has 0 atom stereocenters. The van der Waals surface area contributed by atoms with E-state index < -0.39 is 5.82 Å². The van der Waals surface area contributed by atoms with Crippen LogP contribution in [0.3, 0.4) is 0 Å². The van der Waals surface area contributed by atoms with Gasteiger partial charge >= 0.3 is 0 Å². The Kier molecular flexibility index (Phi) is 2.97. The van der Waals surface area contributed by atoms with Crippen LogP contribution < -0.4 is 0 Å². The highest BCUT2D eigenvalue weighted by Gasteiger charge is 2.06. The summed E-state index contributed by atoms with van der Waals surface area (Å²) in [4.78, 5) is 4.55. The molecule has 3 heteroatoms. The molecule has 0 spiro atoms. The van der Waals surface area contributed by atoms with Crippen molar-refractivity contribution in [2.75, 3.05) is 0 Å². The van der Waals surface area contributed by atoms with Gasteiger partial charge in [-0.3, -0.25) is 0 Å². The second kappa shape index (κ2) is 4.78. The number of hydrogen-bond donors (Lipinski definition) is 1. The Morgan fingerprint density at radius 3 is 2.68 bits per heavy atom. The average Bonchev–Trinajstić information content (AvgIpc) is 2.47. The first-order valence-electron chi connectivity index (χ1n) is 6.03. The van der Waals surface area contributed by atoms with Gasteiger partial charge in [-0.25, -0.2) is 9.37 Å². The second-order valence-corrected chi connectivity index (χ2v) is 4.35. The predicted octanol–water partition coefficient (Wildman–Crippen LogP) is 3.53. The highest BCUT2D eigenvalue weighted by molar-refractivity contribution is 5.81. The number of aliphatic hydroxyl groups excluding tert-OH is 1. The standard InChI is InChI=1S/C16H12FNO/c17-14-7-5-12(9-13(14)10-19)16-8-6-11-3-1-2-4-15(11)18-16/h1-9,19H,10H2. The van der Waals surface area contributed by atoms with Gasteiger partial charge in [-0.1, -0.05) is 24.3 Å². The largest absolute Gasteiger partial charge is 0.392 e. The van der Waals surface area contributed by atoms with Crippen molar-refractivity contribution in [1.82, 2.24) is 4.98 Å². The first-order chi connectivity index (χ1) is 9.28. The van der Waals surface area contributed by atoms with E-state index in [9.17, 15) is 4.39 Å². The molecule has 0 aliphatic rings. The molecule has 0 saturated heterocycles. The van der Waals surface area contributed by atoms with Gasteiger partial charge in [0.25, 0.3) is 0 Å². The van der Waals surface area contributed by atoms with Gasteiger partial charge in [0, 0.05) is 16.5 Å². The zero-order valence-corrected chi connectivity index (χ0v) is 10.2. The molecule has 0 amide bonds. The Labute approximate surface area is 110 Å². The Morgan fingerprint density at radius 1 is 1.00 bits per heavy atom. The molecule has 3 aromatic rings. The van der Waals surface area contributed by atoms with Gasteiger partial charge in [0.2, 0.25) is 0 Å². The minimum atomic E-state index is -0.396. The molecule has 94 valence electrons. The van der Waals surface area contributed by atoms with Gasteiger partial charge in [-0.2, -0.15) is 0 Å². The molecule has 0 radical (unpaired) electrons. The van der Waals surface area contributed by atoms with Crippen LogP contribution in [-0.4, -0.2) is 10.1 Å². The van der Waals surface area contributed by atoms with Crippen molar-refractivity contribution >= 4 is 10.9 Å². The lowest BCUT2D eigenvalue weighted by molar-refractivity contribution is 0.276. The van der Waals surface area contributed by atoms with Crippen molar-refractivity contribution in [2.24, 2.45) is 0 Å². The van der Waals surface area contributed by atoms with Crippen LogP contribution in [0.25, 0.3) is 22.2 Å². The first kappa shape index (κ1) is 11.8. The van der Waals surface area contributed by atoms with E-state index in [-0.39, 0.29) is 12.2 Å². The van der Waals surface area contributed by atoms with Gasteiger partial charge < -0.3 is 5.11 Å². The van der Waals surface area contributed by atoms with Crippen LogP contribution in [0.2, 0.25) is 0 Å². The Hall–Kier alpha value is -2.26. The monoisotopic (exact) mass is 253 g/mol. The minimum absolute atomic E-state index is 0.285. The number of para-hydroxylation sites is 1. The van der Waals surface area contributed by atoms with Crippen LogP contribution in [-0.2, 0) is 6.61 Å². The van der Waals surface area contributed by atoms with E-state index in [4.69, 9.17) is 5.11 Å². The van der Waals surface area contributed by atoms with Crippen molar-refractivity contribution in [3.05, 3.63) is 66.0 Å². The fraction of sp³-hybridized carbons (Fsp3) is 0.0625. The molecule has 1 heterocycles. The zero-order valence-electron chi connectivity index (χ0n) is 10.2. The highest BCUT2D eigenvalue weighted by Crippen LogP contribution is 2.23. The lowest BCUT2D eigenvalue weighted by Crippen LogP contribution is -1.92. The Bertz CT molecular complexity index is 740. The summed E-state index contributed by atoms with van der Waals surface area (Å²) >= 11 is 0. The van der Waals surface area contributed by atoms with Gasteiger partial charge in [0.15, 0.2) is 0 Å². The summed E-state index contributed by atoms with van der Waals surface area (Å²) in [6, 6.07) is 16.4. The van der Waals surface area contributed by atoms with Crippen molar-refractivity contribution in [3.63, 3.8) is 0 Å². The van der Waals surface area contributed by atoms with Crippen LogP contribution in [0.5, 0.6) is 0 Å². The van der Waals surface area contributed by atoms with E-state index in [1.54, 1.807) is 12.1 Å². The summed E-state index contributed by atoms with van der Waals surface area (Å²) in [6.07, 6.45) is 0. The number of halogens is 1. The fourth-order valence-electron chi connectivity index (χ4n) is 2.08. The molecule has 2 aromatic carbocycles. The third-order valence-electron chi connectivity index (χ3n) is 3.11. The van der Waals surface area contributed by atoms with Crippen LogP contribution in [0, 0.1) is 5.82 Å². The van der Waals surface area contributed by atoms with E-state index in [2.05, 4.69) is 4.98 Å². The molecule has 0 fully saturated rings. The second-order valence-electron chi connectivity index (χ2n) is 4.35. The maximum atomic E-state index is 13.4. The Balaban J connectivity index is 2.13. The van der Waals surface area contributed by atoms with Crippen LogP contribution in [0.1, 0.15) is 5.56 Å². The highest BCUT2D eigenvalue weighted by atomic mass is 19.1. The van der Waals surface area contributed by atoms with Gasteiger partial charge in [-0.05, 0) is 30.3 Å². The van der Waals surface area contributed by atoms with Crippen molar-refractivity contribution in [2.45, 2.75) is 6.61 Å². The SMILES string of the molecule is OCc1cc(-c2ccc3ccccc3n2)ccc1F. The number of fused-ring (bicyclic) bond motifs is 1. The molecule has 3 rings (SSSR count). The Morgan fingerprint density at radius 2 is 1.84 bits per heavy atom. The van der Waals surface area contributed by atoms with Crippen LogP contribution >= 0.6 is 0 Å². The van der Waals surface area contributed by atoms with E-state index in [0.717, 1.165) is 22.2 Å². The van der Waals surface area contributed by atoms with Crippen molar-refractivity contribution in [3.8, 4) is 11.3 Å². The van der Waals surface area contributed by atoms with Crippen LogP contribution in [0.4, 0.5) is 4.39 Å². The predicted molar refractivity (Wildman–Crippen MR) is 73.1 cm³/mol. The summed E-state index contributed by atoms with van der Waals surface area (Å²) in [6.45, 7) is -0.312. The zero-order chi connectivity index (χ0) is 13.2. The molecule has 1 N–H and O–H groups in total. The summed E-state index contributed by atoms with van der Waals surface area (Å²) in [5.41, 5.74) is 2.76. The van der Waals surface area contributed by atoms with Crippen molar-refractivity contribution < 1.29 is 9.50 Å². The normalized spacial score (nSPS) is 10.8. The van der Waals surface area contributed by atoms with Gasteiger partial charge in [-0.15, -0.1) is 0 Å². The summed E-state index contributed by atoms with van der Waals surface area (Å²) in [5, 5.41) is 10.2. The quantitative estimate of drug-likeness (QED) is 0.757. The fourth-order valence-corrected chi connectivity index (χ4v) is 2.08. The molecular formula is C16H12FNO. The van der Waals surface area contributed by atoms with E-state index >= 15 is 0 Å². The molecule has 2 nitrogen and oxygen atoms in total. The summed E-state index contributed by atoms with van der Waals surface area (Å²) in [7, 11) is 0. The topological polar surface area (TPSA) is 33.1 Å². The summed E-state index contributed by atoms with van der Waals surface area (Å²) < 4.78 is 13.4. The first-order valence-corrected chi connectivity index (χ1v) is 6.03. The molecule has 0 aliphatic carbocycles. The number of benzene rings is 2. The maximum absolute atomic E-state index is 13.4. The number of hydrogen-bond acceptors (Lipinski definition) is 2. The van der Waals surface area contributed by atoms with Gasteiger partial charge in [0.1, 0.15) is 5.82 Å². The maximum Gasteiger partial charge on any atom is 0.128 e. The number of pyridine rings is 1. The van der Waals surface area contributed by atoms with Crippen LogP contribution in [0.15, 0.2) is 54.6 Å². The van der Waals surface area contributed by atoms with E-state index in [1.807, 2.05) is 36.4 Å². The van der Waals surface area contributed by atoms with E-state index in [0.29, 0.717) is 0 Å². The summed E-state index contributed by atoms with van der Waals surface area (Å²) in [5.74, 6) is -0.396. The lowest BCUT2D eigenvalue weighted by atomic mass is 10.1. The molecular weight excluding hydrogens is 241 g/mol. The van der Waals surface area contributed by atoms with Crippen molar-refractivity contribution in [1.29, 1.82) is 0 Å². The number of aromatic nitrogens is 1. The molecule has 19 heavy (non-hydrogen) atoms. The third kappa shape index (κ3) is 2.20. The molecule has 0 aliphatic heterocycles. The van der Waals surface area contributed by atoms with E-state index in [1.165, 1.54) is 6.07 Å². The third-order valence-corrected chi connectivity index (χ3v) is 3.11. The average molecular weight is 253 g/mol. The number of nitrogens with zero attached hydrogens (tertiary/aromatic N) is 1. The lowest BCUT2D eigenvalue weighted by Gasteiger charge is -2.06. The molecule has 0 bridgehead atoms. The smallest absolute Gasteiger partial charge is 0.128 e. The molecule has 0 unspecified atom stereocenters. The number of rotatable bonds is 2.